The van der Waals surface area contributed by atoms with Gasteiger partial charge in [0.1, 0.15) is 0 Å². The number of fused-ring (bicyclic) bond motifs is 1. The van der Waals surface area contributed by atoms with E-state index in [2.05, 4.69) is 0 Å². The van der Waals surface area contributed by atoms with Gasteiger partial charge >= 0.3 is 0 Å². The number of benzene rings is 2. The minimum atomic E-state index is -0.530. The Hall–Kier alpha value is -3.22. The Kier molecular flexibility index (Phi) is 4.22. The molecular weight excluding hydrogens is 322 g/mol. The molecule has 0 saturated heterocycles. The fourth-order valence-corrected chi connectivity index (χ4v) is 3.26. The highest BCUT2D eigenvalue weighted by Crippen LogP contribution is 2.32. The lowest BCUT2D eigenvalue weighted by molar-refractivity contribution is -0.385. The Morgan fingerprint density at radius 2 is 1.84 bits per heavy atom. The lowest BCUT2D eigenvalue weighted by Gasteiger charge is -2.30. The molecule has 0 radical (unpaired) electrons. The van der Waals surface area contributed by atoms with Gasteiger partial charge in [-0.3, -0.25) is 19.7 Å². The van der Waals surface area contributed by atoms with Gasteiger partial charge in [0.05, 0.1) is 4.92 Å². The molecule has 25 heavy (non-hydrogen) atoms. The summed E-state index contributed by atoms with van der Waals surface area (Å²) in [6, 6.07) is 9.56. The van der Waals surface area contributed by atoms with Gasteiger partial charge in [-0.1, -0.05) is 12.1 Å². The summed E-state index contributed by atoms with van der Waals surface area (Å²) in [5.74, 6) is -0.846. The van der Waals surface area contributed by atoms with Gasteiger partial charge in [0.15, 0.2) is 0 Å². The molecule has 128 valence electrons. The lowest BCUT2D eigenvalue weighted by atomic mass is 9.95. The molecule has 1 aliphatic heterocycles. The number of nitrogens with zero attached hydrogens (tertiary/aromatic N) is 2. The van der Waals surface area contributed by atoms with Gasteiger partial charge < -0.3 is 10.6 Å². The van der Waals surface area contributed by atoms with Crippen molar-refractivity contribution >= 4 is 23.2 Å². The number of hydrogen-bond donors (Lipinski definition) is 1. The number of anilines is 1. The third-order valence-corrected chi connectivity index (χ3v) is 4.49. The van der Waals surface area contributed by atoms with Crippen LogP contribution in [0.25, 0.3) is 0 Å². The predicted octanol–water partition coefficient (Wildman–Crippen LogP) is 2.60. The molecule has 0 atom stereocenters. The van der Waals surface area contributed by atoms with Crippen molar-refractivity contribution in [3.8, 4) is 0 Å². The van der Waals surface area contributed by atoms with Crippen LogP contribution in [0.15, 0.2) is 36.4 Å². The Bertz CT molecular complexity index is 892. The SMILES string of the molecule is Cc1c(C(=O)N2CCCc3c(C(N)=O)cccc32)cccc1[N+](=O)[O-]. The van der Waals surface area contributed by atoms with Gasteiger partial charge in [-0.2, -0.15) is 0 Å². The smallest absolute Gasteiger partial charge is 0.273 e. The first-order valence-electron chi connectivity index (χ1n) is 7.89. The molecule has 0 fully saturated rings. The van der Waals surface area contributed by atoms with E-state index in [0.29, 0.717) is 36.2 Å². The molecule has 0 bridgehead atoms. The van der Waals surface area contributed by atoms with Crippen molar-refractivity contribution in [2.24, 2.45) is 5.73 Å². The second kappa shape index (κ2) is 6.35. The third kappa shape index (κ3) is 2.84. The first kappa shape index (κ1) is 16.6. The van der Waals surface area contributed by atoms with Crippen LogP contribution in [0, 0.1) is 17.0 Å². The molecule has 3 rings (SSSR count). The van der Waals surface area contributed by atoms with Gasteiger partial charge in [0.25, 0.3) is 11.6 Å². The van der Waals surface area contributed by atoms with Crippen LogP contribution < -0.4 is 10.6 Å². The van der Waals surface area contributed by atoms with E-state index < -0.39 is 10.8 Å². The Morgan fingerprint density at radius 1 is 1.16 bits per heavy atom. The van der Waals surface area contributed by atoms with E-state index in [1.54, 1.807) is 36.1 Å². The highest BCUT2D eigenvalue weighted by molar-refractivity contribution is 6.09. The van der Waals surface area contributed by atoms with Crippen LogP contribution >= 0.6 is 0 Å². The number of nitrogens with two attached hydrogens (primary N) is 1. The standard InChI is InChI=1S/C18H17N3O4/c1-11-12(5-2-8-15(11)21(24)25)18(23)20-10-4-7-13-14(17(19)22)6-3-9-16(13)20/h2-3,5-6,8-9H,4,7,10H2,1H3,(H2,19,22). The summed E-state index contributed by atoms with van der Waals surface area (Å²) in [5.41, 5.74) is 7.75. The van der Waals surface area contributed by atoms with Gasteiger partial charge in [-0.05, 0) is 43.5 Å². The van der Waals surface area contributed by atoms with E-state index in [4.69, 9.17) is 5.73 Å². The first-order chi connectivity index (χ1) is 11.9. The van der Waals surface area contributed by atoms with Crippen molar-refractivity contribution in [3.63, 3.8) is 0 Å². The van der Waals surface area contributed by atoms with Gasteiger partial charge in [0.2, 0.25) is 5.91 Å². The minimum Gasteiger partial charge on any atom is -0.366 e. The fraction of sp³-hybridized carbons (Fsp3) is 0.222. The average Bonchev–Trinajstić information content (AvgIpc) is 2.60. The van der Waals surface area contributed by atoms with Gasteiger partial charge in [-0.15, -0.1) is 0 Å². The van der Waals surface area contributed by atoms with Crippen LogP contribution in [0.5, 0.6) is 0 Å². The van der Waals surface area contributed by atoms with Crippen molar-refractivity contribution in [2.45, 2.75) is 19.8 Å². The molecule has 2 amide bonds. The van der Waals surface area contributed by atoms with Crippen LogP contribution in [0.2, 0.25) is 0 Å². The van der Waals surface area contributed by atoms with Crippen molar-refractivity contribution in [1.82, 2.24) is 0 Å². The van der Waals surface area contributed by atoms with Crippen molar-refractivity contribution < 1.29 is 14.5 Å². The molecular formula is C18H17N3O4. The number of carbonyl (C=O) groups is 2. The second-order valence-corrected chi connectivity index (χ2v) is 5.93. The van der Waals surface area contributed by atoms with E-state index in [-0.39, 0.29) is 17.2 Å². The highest BCUT2D eigenvalue weighted by Gasteiger charge is 2.28. The third-order valence-electron chi connectivity index (χ3n) is 4.49. The molecule has 1 heterocycles. The number of hydrogen-bond acceptors (Lipinski definition) is 4. The van der Waals surface area contributed by atoms with E-state index in [1.165, 1.54) is 12.1 Å². The molecule has 0 unspecified atom stereocenters. The van der Waals surface area contributed by atoms with Crippen LogP contribution in [-0.4, -0.2) is 23.3 Å². The molecule has 2 aromatic carbocycles. The number of nitro benzene ring substituents is 1. The van der Waals surface area contributed by atoms with E-state index in [1.807, 2.05) is 0 Å². The summed E-state index contributed by atoms with van der Waals surface area (Å²) in [6.07, 6.45) is 1.35. The molecule has 0 spiro atoms. The fourth-order valence-electron chi connectivity index (χ4n) is 3.26. The number of rotatable bonds is 3. The highest BCUT2D eigenvalue weighted by atomic mass is 16.6. The van der Waals surface area contributed by atoms with E-state index in [9.17, 15) is 19.7 Å². The number of primary amides is 1. The summed E-state index contributed by atoms with van der Waals surface area (Å²) >= 11 is 0. The molecule has 7 heteroatoms. The van der Waals surface area contributed by atoms with Crippen molar-refractivity contribution in [1.29, 1.82) is 0 Å². The number of amides is 2. The topological polar surface area (TPSA) is 107 Å². The monoisotopic (exact) mass is 339 g/mol. The largest absolute Gasteiger partial charge is 0.366 e. The zero-order valence-corrected chi connectivity index (χ0v) is 13.7. The van der Waals surface area contributed by atoms with Crippen LogP contribution in [-0.2, 0) is 6.42 Å². The maximum atomic E-state index is 13.0. The lowest BCUT2D eigenvalue weighted by Crippen LogP contribution is -2.36. The molecule has 7 nitrogen and oxygen atoms in total. The Labute approximate surface area is 144 Å². The maximum Gasteiger partial charge on any atom is 0.273 e. The Morgan fingerprint density at radius 3 is 2.52 bits per heavy atom. The molecule has 2 N–H and O–H groups in total. The molecule has 0 saturated carbocycles. The van der Waals surface area contributed by atoms with E-state index >= 15 is 0 Å². The van der Waals surface area contributed by atoms with E-state index in [0.717, 1.165) is 5.56 Å². The quantitative estimate of drug-likeness (QED) is 0.685. The number of carbonyl (C=O) groups excluding carboxylic acids is 2. The minimum absolute atomic E-state index is 0.0889. The van der Waals surface area contributed by atoms with Crippen LogP contribution in [0.3, 0.4) is 0 Å². The van der Waals surface area contributed by atoms with Crippen LogP contribution in [0.4, 0.5) is 11.4 Å². The zero-order chi connectivity index (χ0) is 18.1. The zero-order valence-electron chi connectivity index (χ0n) is 13.7. The molecule has 0 aromatic heterocycles. The van der Waals surface area contributed by atoms with Gasteiger partial charge in [0, 0.05) is 35.0 Å². The van der Waals surface area contributed by atoms with Crippen molar-refractivity contribution in [2.75, 3.05) is 11.4 Å². The normalized spacial score (nSPS) is 13.2. The van der Waals surface area contributed by atoms with Crippen molar-refractivity contribution in [3.05, 3.63) is 68.8 Å². The van der Waals surface area contributed by atoms with Gasteiger partial charge in [-0.25, -0.2) is 0 Å². The average molecular weight is 339 g/mol. The Balaban J connectivity index is 2.07. The molecule has 2 aromatic rings. The summed E-state index contributed by atoms with van der Waals surface area (Å²) in [4.78, 5) is 36.9. The first-order valence-corrected chi connectivity index (χ1v) is 7.89. The summed E-state index contributed by atoms with van der Waals surface area (Å²) < 4.78 is 0. The molecule has 1 aliphatic rings. The predicted molar refractivity (Wildman–Crippen MR) is 92.8 cm³/mol. The van der Waals surface area contributed by atoms with Crippen LogP contribution in [0.1, 0.15) is 38.3 Å². The summed E-state index contributed by atoms with van der Waals surface area (Å²) in [6.45, 7) is 2.05. The second-order valence-electron chi connectivity index (χ2n) is 5.93. The summed E-state index contributed by atoms with van der Waals surface area (Å²) in [7, 11) is 0. The summed E-state index contributed by atoms with van der Waals surface area (Å²) in [5, 5.41) is 11.1. The number of nitro groups is 1. The molecule has 0 aliphatic carbocycles. The maximum absolute atomic E-state index is 13.0.